The third-order valence-electron chi connectivity index (χ3n) is 5.01. The Hall–Kier alpha value is -3.23. The smallest absolute Gasteiger partial charge is 0.225 e. The molecule has 0 spiro atoms. The summed E-state index contributed by atoms with van der Waals surface area (Å²) in [6, 6.07) is 19.3. The first-order valence-electron chi connectivity index (χ1n) is 10.4. The second-order valence-electron chi connectivity index (χ2n) is 7.20. The van der Waals surface area contributed by atoms with Gasteiger partial charge in [0.25, 0.3) is 0 Å². The van der Waals surface area contributed by atoms with Gasteiger partial charge < -0.3 is 20.3 Å². The van der Waals surface area contributed by atoms with E-state index in [4.69, 9.17) is 17.0 Å². The molecule has 2 N–H and O–H groups in total. The number of hydrogen-bond acceptors (Lipinski definition) is 6. The number of aromatic nitrogens is 2. The van der Waals surface area contributed by atoms with Gasteiger partial charge in [0.15, 0.2) is 5.11 Å². The van der Waals surface area contributed by atoms with E-state index in [1.165, 1.54) is 0 Å². The van der Waals surface area contributed by atoms with Crippen molar-refractivity contribution in [3.63, 3.8) is 0 Å². The maximum Gasteiger partial charge on any atom is 0.225 e. The lowest BCUT2D eigenvalue weighted by Gasteiger charge is -2.34. The minimum Gasteiger partial charge on any atom is -0.457 e. The van der Waals surface area contributed by atoms with E-state index in [9.17, 15) is 0 Å². The lowest BCUT2D eigenvalue weighted by molar-refractivity contribution is 0.260. The van der Waals surface area contributed by atoms with Crippen molar-refractivity contribution in [2.45, 2.75) is 0 Å². The fourth-order valence-corrected chi connectivity index (χ4v) is 3.58. The van der Waals surface area contributed by atoms with E-state index >= 15 is 0 Å². The van der Waals surface area contributed by atoms with Gasteiger partial charge >= 0.3 is 0 Å². The van der Waals surface area contributed by atoms with Crippen LogP contribution in [-0.4, -0.2) is 59.2 Å². The standard InChI is InChI=1S/C23H26N6OS/c31-23(27-19-7-9-21(10-8-19)30-20-5-2-1-3-6-20)26-13-14-28-15-17-29(18-16-28)22-24-11-4-12-25-22/h1-12H,13-18H2,(H2,26,27,31). The molecule has 0 atom stereocenters. The van der Waals surface area contributed by atoms with Crippen molar-refractivity contribution in [1.82, 2.24) is 20.2 Å². The Kier molecular flexibility index (Phi) is 7.25. The molecule has 31 heavy (non-hydrogen) atoms. The van der Waals surface area contributed by atoms with Gasteiger partial charge in [-0.1, -0.05) is 18.2 Å². The number of anilines is 2. The molecule has 1 saturated heterocycles. The first-order valence-corrected chi connectivity index (χ1v) is 10.8. The number of piperazine rings is 1. The summed E-state index contributed by atoms with van der Waals surface area (Å²) in [5, 5.41) is 7.12. The second-order valence-corrected chi connectivity index (χ2v) is 7.61. The number of thiocarbonyl (C=S) groups is 1. The maximum absolute atomic E-state index is 5.81. The van der Waals surface area contributed by atoms with E-state index < -0.39 is 0 Å². The number of ether oxygens (including phenoxy) is 1. The van der Waals surface area contributed by atoms with Crippen molar-refractivity contribution in [3.8, 4) is 11.5 Å². The van der Waals surface area contributed by atoms with Crippen LogP contribution in [0.15, 0.2) is 73.1 Å². The van der Waals surface area contributed by atoms with Gasteiger partial charge in [0, 0.05) is 57.3 Å². The van der Waals surface area contributed by atoms with Gasteiger partial charge in [0.1, 0.15) is 11.5 Å². The molecule has 4 rings (SSSR count). The van der Waals surface area contributed by atoms with Crippen LogP contribution in [0.2, 0.25) is 0 Å². The number of benzene rings is 2. The Morgan fingerprint density at radius 2 is 1.55 bits per heavy atom. The molecule has 7 nitrogen and oxygen atoms in total. The summed E-state index contributed by atoms with van der Waals surface area (Å²) in [7, 11) is 0. The average Bonchev–Trinajstić information content (AvgIpc) is 2.82. The van der Waals surface area contributed by atoms with Crippen LogP contribution in [0.4, 0.5) is 11.6 Å². The summed E-state index contributed by atoms with van der Waals surface area (Å²) in [5.74, 6) is 2.42. The lowest BCUT2D eigenvalue weighted by Crippen LogP contribution is -2.49. The summed E-state index contributed by atoms with van der Waals surface area (Å²) in [6.45, 7) is 5.58. The Morgan fingerprint density at radius 3 is 2.26 bits per heavy atom. The predicted molar refractivity (Wildman–Crippen MR) is 128 cm³/mol. The van der Waals surface area contributed by atoms with E-state index in [2.05, 4.69) is 30.4 Å². The lowest BCUT2D eigenvalue weighted by atomic mass is 10.3. The molecule has 0 amide bonds. The highest BCUT2D eigenvalue weighted by atomic mass is 32.1. The molecule has 0 radical (unpaired) electrons. The zero-order valence-corrected chi connectivity index (χ0v) is 18.1. The fraction of sp³-hybridized carbons (Fsp3) is 0.261. The topological polar surface area (TPSA) is 65.5 Å². The van der Waals surface area contributed by atoms with Crippen LogP contribution in [0.25, 0.3) is 0 Å². The average molecular weight is 435 g/mol. The Bertz CT molecular complexity index is 947. The summed E-state index contributed by atoms with van der Waals surface area (Å²) >= 11 is 5.43. The van der Waals surface area contributed by atoms with Crippen LogP contribution < -0.4 is 20.3 Å². The van der Waals surface area contributed by atoms with Crippen molar-refractivity contribution in [2.75, 3.05) is 49.5 Å². The largest absolute Gasteiger partial charge is 0.457 e. The van der Waals surface area contributed by atoms with Crippen LogP contribution in [0.3, 0.4) is 0 Å². The third kappa shape index (κ3) is 6.37. The number of hydrogen-bond donors (Lipinski definition) is 2. The highest BCUT2D eigenvalue weighted by Crippen LogP contribution is 2.22. The Labute approximate surface area is 188 Å². The number of nitrogens with one attached hydrogen (secondary N) is 2. The zero-order valence-electron chi connectivity index (χ0n) is 17.3. The second kappa shape index (κ2) is 10.7. The van der Waals surface area contributed by atoms with Gasteiger partial charge in [-0.2, -0.15) is 0 Å². The SMILES string of the molecule is S=C(NCCN1CCN(c2ncccn2)CC1)Nc1ccc(Oc2ccccc2)cc1. The Morgan fingerprint density at radius 1 is 0.871 bits per heavy atom. The predicted octanol–water partition coefficient (Wildman–Crippen LogP) is 3.38. The molecule has 0 aliphatic carbocycles. The molecule has 1 aliphatic rings. The molecule has 0 unspecified atom stereocenters. The van der Waals surface area contributed by atoms with Gasteiger partial charge in [-0.25, -0.2) is 9.97 Å². The van der Waals surface area contributed by atoms with E-state index in [0.717, 1.165) is 62.4 Å². The van der Waals surface area contributed by atoms with Gasteiger partial charge in [-0.15, -0.1) is 0 Å². The Balaban J connectivity index is 1.15. The molecular formula is C23H26N6OS. The van der Waals surface area contributed by atoms with Crippen molar-refractivity contribution >= 4 is 29.0 Å². The summed E-state index contributed by atoms with van der Waals surface area (Å²) in [5.41, 5.74) is 0.925. The van der Waals surface area contributed by atoms with Gasteiger partial charge in [0.2, 0.25) is 5.95 Å². The molecule has 0 saturated carbocycles. The molecule has 1 aromatic heterocycles. The van der Waals surface area contributed by atoms with Crippen LogP contribution in [0.5, 0.6) is 11.5 Å². The minimum atomic E-state index is 0.619. The van der Waals surface area contributed by atoms with Crippen LogP contribution in [-0.2, 0) is 0 Å². The van der Waals surface area contributed by atoms with E-state index in [1.807, 2.05) is 60.7 Å². The first kappa shape index (κ1) is 21.0. The fourth-order valence-electron chi connectivity index (χ4n) is 3.36. The zero-order chi connectivity index (χ0) is 21.3. The number of rotatable bonds is 7. The maximum atomic E-state index is 5.81. The van der Waals surface area contributed by atoms with Gasteiger partial charge in [0.05, 0.1) is 0 Å². The van der Waals surface area contributed by atoms with Crippen LogP contribution >= 0.6 is 12.2 Å². The van der Waals surface area contributed by atoms with E-state index in [-0.39, 0.29) is 0 Å². The summed E-state index contributed by atoms with van der Waals surface area (Å²) in [6.07, 6.45) is 3.58. The van der Waals surface area contributed by atoms with Crippen molar-refractivity contribution < 1.29 is 4.74 Å². The minimum absolute atomic E-state index is 0.619. The van der Waals surface area contributed by atoms with Crippen molar-refractivity contribution in [2.24, 2.45) is 0 Å². The molecule has 0 bridgehead atoms. The molecule has 1 aliphatic heterocycles. The molecule has 8 heteroatoms. The van der Waals surface area contributed by atoms with Crippen molar-refractivity contribution in [3.05, 3.63) is 73.1 Å². The highest BCUT2D eigenvalue weighted by molar-refractivity contribution is 7.80. The summed E-state index contributed by atoms with van der Waals surface area (Å²) < 4.78 is 5.81. The van der Waals surface area contributed by atoms with Gasteiger partial charge in [-0.05, 0) is 54.7 Å². The molecule has 2 aromatic carbocycles. The first-order chi connectivity index (χ1) is 15.3. The highest BCUT2D eigenvalue weighted by Gasteiger charge is 2.18. The number of nitrogens with zero attached hydrogens (tertiary/aromatic N) is 4. The normalized spacial score (nSPS) is 14.1. The third-order valence-corrected chi connectivity index (χ3v) is 5.26. The molecule has 160 valence electrons. The van der Waals surface area contributed by atoms with Gasteiger partial charge in [-0.3, -0.25) is 4.90 Å². The van der Waals surface area contributed by atoms with Crippen molar-refractivity contribution in [1.29, 1.82) is 0 Å². The molecular weight excluding hydrogens is 408 g/mol. The van der Waals surface area contributed by atoms with Crippen LogP contribution in [0, 0.1) is 0 Å². The van der Waals surface area contributed by atoms with E-state index in [1.54, 1.807) is 12.4 Å². The quantitative estimate of drug-likeness (QED) is 0.549. The monoisotopic (exact) mass is 434 g/mol. The number of para-hydroxylation sites is 1. The molecule has 2 heterocycles. The molecule has 1 fully saturated rings. The van der Waals surface area contributed by atoms with Crippen LogP contribution in [0.1, 0.15) is 0 Å². The summed E-state index contributed by atoms with van der Waals surface area (Å²) in [4.78, 5) is 13.3. The van der Waals surface area contributed by atoms with E-state index in [0.29, 0.717) is 5.11 Å². The molecule has 3 aromatic rings.